The van der Waals surface area contributed by atoms with E-state index in [4.69, 9.17) is 5.26 Å². The Kier molecular flexibility index (Phi) is 7.18. The van der Waals surface area contributed by atoms with Gasteiger partial charge in [-0.1, -0.05) is 26.0 Å². The van der Waals surface area contributed by atoms with Crippen LogP contribution in [0, 0.1) is 16.7 Å². The number of halogens is 3. The van der Waals surface area contributed by atoms with Crippen LogP contribution in [-0.2, 0) is 14.6 Å². The normalized spacial score (nSPS) is 19.8. The van der Waals surface area contributed by atoms with Gasteiger partial charge in [0, 0.05) is 6.26 Å². The van der Waals surface area contributed by atoms with Crippen LogP contribution in [0.5, 0.6) is 0 Å². The predicted octanol–water partition coefficient (Wildman–Crippen LogP) is 4.15. The maximum absolute atomic E-state index is 14.6. The predicted molar refractivity (Wildman–Crippen MR) is 112 cm³/mol. The molecule has 0 aromatic heterocycles. The highest BCUT2D eigenvalue weighted by atomic mass is 32.2. The summed E-state index contributed by atoms with van der Waals surface area (Å²) in [6.07, 6.45) is -2.44. The monoisotopic (exact) mass is 454 g/mol. The summed E-state index contributed by atoms with van der Waals surface area (Å²) in [7, 11) is -3.99. The van der Waals surface area contributed by atoms with Crippen LogP contribution in [0.2, 0.25) is 0 Å². The first-order valence-electron chi connectivity index (χ1n) is 9.80. The van der Waals surface area contributed by atoms with Crippen LogP contribution in [0.15, 0.2) is 40.8 Å². The summed E-state index contributed by atoms with van der Waals surface area (Å²) >= 11 is 0. The largest absolute Gasteiger partial charge is 0.405 e. The lowest BCUT2D eigenvalue weighted by Gasteiger charge is -2.39. The molecular formula is C22H25F3N2O3S. The molecule has 1 aromatic carbocycles. The number of rotatable bonds is 7. The molecule has 9 heteroatoms. The quantitative estimate of drug-likeness (QED) is 0.618. The van der Waals surface area contributed by atoms with Gasteiger partial charge in [0.15, 0.2) is 21.0 Å². The maximum Gasteiger partial charge on any atom is 0.405 e. The molecule has 1 unspecified atom stereocenters. The Morgan fingerprint density at radius 1 is 1.16 bits per heavy atom. The van der Waals surface area contributed by atoms with Crippen molar-refractivity contribution >= 4 is 21.2 Å². The van der Waals surface area contributed by atoms with Gasteiger partial charge in [0.25, 0.3) is 0 Å². The van der Waals surface area contributed by atoms with E-state index in [1.807, 2.05) is 13.8 Å². The van der Waals surface area contributed by atoms with E-state index in [1.54, 1.807) is 11.0 Å². The lowest BCUT2D eigenvalue weighted by Crippen LogP contribution is -2.48. The zero-order valence-electron chi connectivity index (χ0n) is 17.9. The van der Waals surface area contributed by atoms with Crippen molar-refractivity contribution in [1.29, 1.82) is 5.26 Å². The molecule has 31 heavy (non-hydrogen) atoms. The fourth-order valence-electron chi connectivity index (χ4n) is 3.84. The first kappa shape index (κ1) is 24.8. The molecule has 0 fully saturated rings. The highest BCUT2D eigenvalue weighted by molar-refractivity contribution is 7.90. The number of hydrogen-bond donors (Lipinski definition) is 0. The second kappa shape index (κ2) is 8.97. The molecule has 0 N–H and O–H groups in total. The average molecular weight is 455 g/mol. The Labute approximate surface area is 180 Å². The second-order valence-electron chi connectivity index (χ2n) is 7.59. The summed E-state index contributed by atoms with van der Waals surface area (Å²) in [4.78, 5) is 14.3. The molecule has 0 heterocycles. The highest BCUT2D eigenvalue weighted by Crippen LogP contribution is 2.54. The van der Waals surface area contributed by atoms with Crippen molar-refractivity contribution in [1.82, 2.24) is 4.90 Å². The van der Waals surface area contributed by atoms with Crippen LogP contribution in [-0.4, -0.2) is 51.2 Å². The number of carbonyl (C=O) groups excluding carboxylic acids is 1. The van der Waals surface area contributed by atoms with Crippen LogP contribution in [0.1, 0.15) is 38.3 Å². The number of carbonyl (C=O) groups is 1. The van der Waals surface area contributed by atoms with Gasteiger partial charge in [-0.15, -0.1) is 0 Å². The van der Waals surface area contributed by atoms with E-state index in [0.29, 0.717) is 18.7 Å². The Hall–Kier alpha value is -2.44. The van der Waals surface area contributed by atoms with Crippen LogP contribution < -0.4 is 0 Å². The fraction of sp³-hybridized carbons (Fsp3) is 0.455. The molecule has 0 bridgehead atoms. The van der Waals surface area contributed by atoms with Crippen molar-refractivity contribution in [3.05, 3.63) is 47.1 Å². The number of alkyl halides is 3. The Morgan fingerprint density at radius 3 is 2.26 bits per heavy atom. The molecule has 1 atom stereocenters. The maximum atomic E-state index is 14.6. The van der Waals surface area contributed by atoms with Gasteiger partial charge in [0.05, 0.1) is 16.5 Å². The summed E-state index contributed by atoms with van der Waals surface area (Å²) in [6, 6.07) is 5.30. The van der Waals surface area contributed by atoms with E-state index < -0.39 is 44.1 Å². The van der Waals surface area contributed by atoms with Gasteiger partial charge in [0.2, 0.25) is 0 Å². The zero-order chi connectivity index (χ0) is 23.6. The third-order valence-electron chi connectivity index (χ3n) is 5.59. The molecule has 0 saturated heterocycles. The SMILES string of the molecule is CCN(CC)CCC1(C(F)(F)F)C(=O)C=C(C)C=C1c1ccc(C#N)cc1S(C)(=O)=O. The Bertz CT molecular complexity index is 1080. The van der Waals surface area contributed by atoms with Crippen LogP contribution in [0.4, 0.5) is 13.2 Å². The molecule has 2 rings (SSSR count). The molecule has 168 valence electrons. The molecule has 1 aliphatic carbocycles. The number of allylic oxidation sites excluding steroid dienone is 4. The molecule has 0 amide bonds. The molecule has 0 spiro atoms. The topological polar surface area (TPSA) is 78.2 Å². The minimum Gasteiger partial charge on any atom is -0.304 e. The van der Waals surface area contributed by atoms with Crippen LogP contribution >= 0.6 is 0 Å². The number of sulfone groups is 1. The van der Waals surface area contributed by atoms with Crippen molar-refractivity contribution in [2.24, 2.45) is 5.41 Å². The smallest absolute Gasteiger partial charge is 0.304 e. The zero-order valence-corrected chi connectivity index (χ0v) is 18.7. The first-order chi connectivity index (χ1) is 14.3. The minimum atomic E-state index is -4.96. The second-order valence-corrected chi connectivity index (χ2v) is 9.57. The number of nitrogens with zero attached hydrogens (tertiary/aromatic N) is 2. The van der Waals surface area contributed by atoms with Crippen molar-refractivity contribution in [2.75, 3.05) is 25.9 Å². The third-order valence-corrected chi connectivity index (χ3v) is 6.73. The van der Waals surface area contributed by atoms with Gasteiger partial charge in [0.1, 0.15) is 0 Å². The van der Waals surface area contributed by atoms with Gasteiger partial charge in [-0.05, 0) is 67.9 Å². The van der Waals surface area contributed by atoms with Crippen LogP contribution in [0.25, 0.3) is 5.57 Å². The highest BCUT2D eigenvalue weighted by Gasteiger charge is 2.62. The summed E-state index contributed by atoms with van der Waals surface area (Å²) < 4.78 is 68.7. The number of ketones is 1. The number of nitriles is 1. The van der Waals surface area contributed by atoms with Gasteiger partial charge in [-0.3, -0.25) is 4.79 Å². The van der Waals surface area contributed by atoms with Gasteiger partial charge in [-0.2, -0.15) is 18.4 Å². The van der Waals surface area contributed by atoms with E-state index in [1.165, 1.54) is 25.1 Å². The molecule has 1 aromatic rings. The van der Waals surface area contributed by atoms with Gasteiger partial charge in [-0.25, -0.2) is 8.42 Å². The summed E-state index contributed by atoms with van der Waals surface area (Å²) in [5, 5.41) is 9.14. The summed E-state index contributed by atoms with van der Waals surface area (Å²) in [5.74, 6) is -1.12. The van der Waals surface area contributed by atoms with Crippen molar-refractivity contribution in [2.45, 2.75) is 38.3 Å². The molecule has 1 aliphatic rings. The summed E-state index contributed by atoms with van der Waals surface area (Å²) in [6.45, 7) is 6.15. The van der Waals surface area contributed by atoms with E-state index in [-0.39, 0.29) is 17.7 Å². The van der Waals surface area contributed by atoms with Crippen molar-refractivity contribution < 1.29 is 26.4 Å². The molecule has 0 radical (unpaired) electrons. The number of hydrogen-bond acceptors (Lipinski definition) is 5. The average Bonchev–Trinajstić information content (AvgIpc) is 2.67. The van der Waals surface area contributed by atoms with E-state index in [9.17, 15) is 26.4 Å². The Balaban J connectivity index is 2.85. The van der Waals surface area contributed by atoms with E-state index >= 15 is 0 Å². The summed E-state index contributed by atoms with van der Waals surface area (Å²) in [5.41, 5.74) is -3.20. The van der Waals surface area contributed by atoms with Gasteiger partial charge >= 0.3 is 6.18 Å². The lowest BCUT2D eigenvalue weighted by molar-refractivity contribution is -0.202. The van der Waals surface area contributed by atoms with Crippen molar-refractivity contribution in [3.63, 3.8) is 0 Å². The molecule has 0 saturated carbocycles. The fourth-order valence-corrected chi connectivity index (χ4v) is 4.76. The third kappa shape index (κ3) is 4.75. The van der Waals surface area contributed by atoms with E-state index in [0.717, 1.165) is 18.4 Å². The molecule has 0 aliphatic heterocycles. The van der Waals surface area contributed by atoms with Crippen LogP contribution in [0.3, 0.4) is 0 Å². The molecule has 5 nitrogen and oxygen atoms in total. The first-order valence-corrected chi connectivity index (χ1v) is 11.7. The lowest BCUT2D eigenvalue weighted by atomic mass is 9.67. The van der Waals surface area contributed by atoms with Crippen molar-refractivity contribution in [3.8, 4) is 6.07 Å². The number of benzene rings is 1. The minimum absolute atomic E-state index is 0.0000696. The standard InChI is InChI=1S/C22H25F3N2O3S/c1-5-27(6-2)10-9-21(22(23,24)25)18(11-15(3)12-20(21)28)17-8-7-16(14-26)13-19(17)31(4,29)30/h7-8,11-13H,5-6,9-10H2,1-4H3. The van der Waals surface area contributed by atoms with Gasteiger partial charge < -0.3 is 4.90 Å². The van der Waals surface area contributed by atoms with E-state index in [2.05, 4.69) is 0 Å². The Morgan fingerprint density at radius 2 is 1.77 bits per heavy atom. The molecular weight excluding hydrogens is 429 g/mol.